The number of carbonyl (C=O) groups excluding carboxylic acids is 1. The Kier molecular flexibility index (Phi) is 5.10. The number of hydrogen-bond donors (Lipinski definition) is 1. The van der Waals surface area contributed by atoms with Crippen LogP contribution in [0, 0.1) is 0 Å². The minimum Gasteiger partial charge on any atom is -0.374 e. The van der Waals surface area contributed by atoms with Crippen molar-refractivity contribution in [3.8, 4) is 0 Å². The Labute approximate surface area is 162 Å². The number of amides is 1. The maximum atomic E-state index is 13.9. The maximum absolute atomic E-state index is 13.9. The molecule has 142 valence electrons. The van der Waals surface area contributed by atoms with Crippen LogP contribution in [-0.4, -0.2) is 17.8 Å². The fraction of sp³-hybridized carbons (Fsp3) is 0.222. The van der Waals surface area contributed by atoms with E-state index in [1.165, 1.54) is 30.3 Å². The predicted molar refractivity (Wildman–Crippen MR) is 96.0 cm³/mol. The highest BCUT2D eigenvalue weighted by Gasteiger charge is 2.62. The van der Waals surface area contributed by atoms with Crippen molar-refractivity contribution in [2.45, 2.75) is 24.6 Å². The molecule has 2 aromatic rings. The zero-order chi connectivity index (χ0) is 19.8. The maximum Gasteiger partial charge on any atom is 0.435 e. The van der Waals surface area contributed by atoms with E-state index in [2.05, 4.69) is 5.16 Å². The Morgan fingerprint density at radius 2 is 1.74 bits per heavy atom. The topological polar surface area (TPSA) is 64.7 Å². The number of carbonyl (C=O) groups is 1. The fourth-order valence-corrected chi connectivity index (χ4v) is 3.40. The van der Waals surface area contributed by atoms with Gasteiger partial charge in [-0.05, 0) is 35.9 Å². The first kappa shape index (κ1) is 19.5. The molecule has 0 radical (unpaired) electrons. The quantitative estimate of drug-likeness (QED) is 0.772. The van der Waals surface area contributed by atoms with Crippen LogP contribution in [0.3, 0.4) is 0 Å². The average Bonchev–Trinajstić information content (AvgIpc) is 2.99. The van der Waals surface area contributed by atoms with Crippen molar-refractivity contribution in [2.24, 2.45) is 10.9 Å². The van der Waals surface area contributed by atoms with Crippen LogP contribution in [0.15, 0.2) is 47.6 Å². The molecule has 0 aromatic heterocycles. The zero-order valence-corrected chi connectivity index (χ0v) is 15.2. The number of rotatable bonds is 4. The van der Waals surface area contributed by atoms with Gasteiger partial charge in [-0.3, -0.25) is 4.79 Å². The second-order valence-electron chi connectivity index (χ2n) is 6.15. The Balaban J connectivity index is 1.87. The Bertz CT molecular complexity index is 894. The molecule has 1 aliphatic rings. The Morgan fingerprint density at radius 1 is 1.15 bits per heavy atom. The molecule has 0 saturated carbocycles. The van der Waals surface area contributed by atoms with Gasteiger partial charge in [0.1, 0.15) is 0 Å². The lowest BCUT2D eigenvalue weighted by Crippen LogP contribution is -2.42. The van der Waals surface area contributed by atoms with Gasteiger partial charge in [0.05, 0.1) is 5.71 Å². The third-order valence-electron chi connectivity index (χ3n) is 4.22. The number of oxime groups is 1. The van der Waals surface area contributed by atoms with Crippen LogP contribution in [0.25, 0.3) is 0 Å². The first-order chi connectivity index (χ1) is 12.6. The van der Waals surface area contributed by atoms with E-state index >= 15 is 0 Å². The van der Waals surface area contributed by atoms with Crippen LogP contribution in [-0.2, 0) is 16.9 Å². The second-order valence-corrected chi connectivity index (χ2v) is 7.02. The normalized spacial score (nSPS) is 19.5. The highest BCUT2D eigenvalue weighted by Crippen LogP contribution is 2.49. The van der Waals surface area contributed by atoms with Crippen LogP contribution in [0.1, 0.15) is 27.9 Å². The van der Waals surface area contributed by atoms with Gasteiger partial charge in [0.25, 0.3) is 5.60 Å². The smallest absolute Gasteiger partial charge is 0.374 e. The Hall–Kier alpha value is -2.25. The van der Waals surface area contributed by atoms with E-state index in [-0.39, 0.29) is 27.7 Å². The molecule has 27 heavy (non-hydrogen) atoms. The largest absolute Gasteiger partial charge is 0.435 e. The van der Waals surface area contributed by atoms with Gasteiger partial charge in [0.15, 0.2) is 0 Å². The van der Waals surface area contributed by atoms with Gasteiger partial charge in [-0.15, -0.1) is 0 Å². The molecular formula is C18H13Cl2F3N2O2. The number of nitrogens with zero attached hydrogens (tertiary/aromatic N) is 1. The van der Waals surface area contributed by atoms with Crippen molar-refractivity contribution in [1.82, 2.24) is 0 Å². The van der Waals surface area contributed by atoms with Crippen molar-refractivity contribution >= 4 is 34.8 Å². The first-order valence-corrected chi connectivity index (χ1v) is 8.52. The van der Waals surface area contributed by atoms with Crippen LogP contribution in [0.2, 0.25) is 10.0 Å². The van der Waals surface area contributed by atoms with Gasteiger partial charge in [-0.2, -0.15) is 13.2 Å². The lowest BCUT2D eigenvalue weighted by Gasteiger charge is -2.29. The number of hydrogen-bond acceptors (Lipinski definition) is 3. The van der Waals surface area contributed by atoms with Crippen molar-refractivity contribution in [2.75, 3.05) is 0 Å². The van der Waals surface area contributed by atoms with E-state index < -0.39 is 24.1 Å². The minimum absolute atomic E-state index is 0.0696. The van der Waals surface area contributed by atoms with Crippen molar-refractivity contribution in [3.63, 3.8) is 0 Å². The van der Waals surface area contributed by atoms with Gasteiger partial charge < -0.3 is 10.6 Å². The highest BCUT2D eigenvalue weighted by atomic mass is 35.5. The van der Waals surface area contributed by atoms with Crippen LogP contribution in [0.4, 0.5) is 13.2 Å². The number of nitrogens with two attached hydrogens (primary N) is 1. The summed E-state index contributed by atoms with van der Waals surface area (Å²) in [6, 6.07) is 9.89. The predicted octanol–water partition coefficient (Wildman–Crippen LogP) is 4.87. The third-order valence-corrected chi connectivity index (χ3v) is 4.65. The molecule has 4 nitrogen and oxygen atoms in total. The summed E-state index contributed by atoms with van der Waals surface area (Å²) in [5.41, 5.74) is 3.49. The molecule has 0 aliphatic carbocycles. The van der Waals surface area contributed by atoms with E-state index in [1.54, 1.807) is 12.1 Å². The SMILES string of the molecule is NC(=O)c1ccc(CC2=NO[C@@](c3cc(Cl)cc(Cl)c3)(C(F)(F)F)C2)cc1. The molecule has 1 atom stereocenters. The molecule has 2 aromatic carbocycles. The Morgan fingerprint density at radius 3 is 2.26 bits per heavy atom. The number of primary amides is 1. The molecule has 9 heteroatoms. The van der Waals surface area contributed by atoms with E-state index in [4.69, 9.17) is 33.8 Å². The summed E-state index contributed by atoms with van der Waals surface area (Å²) in [6.45, 7) is 0. The van der Waals surface area contributed by atoms with E-state index in [0.29, 0.717) is 11.1 Å². The minimum atomic E-state index is -4.73. The first-order valence-electron chi connectivity index (χ1n) is 7.77. The molecule has 0 saturated heterocycles. The van der Waals surface area contributed by atoms with E-state index in [0.717, 1.165) is 0 Å². The highest BCUT2D eigenvalue weighted by molar-refractivity contribution is 6.34. The summed E-state index contributed by atoms with van der Waals surface area (Å²) >= 11 is 11.7. The molecule has 0 spiro atoms. The monoisotopic (exact) mass is 416 g/mol. The van der Waals surface area contributed by atoms with Gasteiger partial charge >= 0.3 is 6.18 Å². The van der Waals surface area contributed by atoms with Gasteiger partial charge in [-0.1, -0.05) is 40.5 Å². The molecule has 0 bridgehead atoms. The molecule has 0 unspecified atom stereocenters. The molecular weight excluding hydrogens is 404 g/mol. The summed E-state index contributed by atoms with van der Waals surface area (Å²) in [5, 5.41) is 3.80. The molecule has 1 heterocycles. The van der Waals surface area contributed by atoms with Crippen LogP contribution in [0.5, 0.6) is 0 Å². The summed E-state index contributed by atoms with van der Waals surface area (Å²) in [7, 11) is 0. The summed E-state index contributed by atoms with van der Waals surface area (Å²) in [4.78, 5) is 16.0. The molecule has 0 fully saturated rings. The molecule has 1 aliphatic heterocycles. The van der Waals surface area contributed by atoms with Crippen molar-refractivity contribution in [1.29, 1.82) is 0 Å². The summed E-state index contributed by atoms with van der Waals surface area (Å²) < 4.78 is 41.6. The molecule has 1 amide bonds. The van der Waals surface area contributed by atoms with Gasteiger partial charge in [0.2, 0.25) is 5.91 Å². The second kappa shape index (κ2) is 7.05. The lowest BCUT2D eigenvalue weighted by atomic mass is 9.87. The van der Waals surface area contributed by atoms with Crippen molar-refractivity contribution in [3.05, 3.63) is 69.2 Å². The zero-order valence-electron chi connectivity index (χ0n) is 13.7. The molecule has 2 N–H and O–H groups in total. The standard InChI is InChI=1S/C18H13Cl2F3N2O2/c19-13-6-12(7-14(20)8-13)17(18(21,22)23)9-15(25-27-17)5-10-1-3-11(4-2-10)16(24)26/h1-4,6-8H,5,9H2,(H2,24,26)/t17-/m0/s1. The van der Waals surface area contributed by atoms with Gasteiger partial charge in [0, 0.05) is 34.0 Å². The van der Waals surface area contributed by atoms with Gasteiger partial charge in [-0.25, -0.2) is 0 Å². The van der Waals surface area contributed by atoms with E-state index in [9.17, 15) is 18.0 Å². The number of benzene rings is 2. The third kappa shape index (κ3) is 3.89. The lowest BCUT2D eigenvalue weighted by molar-refractivity contribution is -0.275. The molecule has 3 rings (SSSR count). The fourth-order valence-electron chi connectivity index (χ4n) is 2.87. The van der Waals surface area contributed by atoms with Crippen LogP contribution < -0.4 is 5.73 Å². The summed E-state index contributed by atoms with van der Waals surface area (Å²) in [5.74, 6) is -0.586. The van der Waals surface area contributed by atoms with E-state index in [1.807, 2.05) is 0 Å². The van der Waals surface area contributed by atoms with Crippen LogP contribution >= 0.6 is 23.2 Å². The number of halogens is 5. The summed E-state index contributed by atoms with van der Waals surface area (Å²) in [6.07, 6.45) is -5.10. The van der Waals surface area contributed by atoms with Crippen molar-refractivity contribution < 1.29 is 22.8 Å². The average molecular weight is 417 g/mol. The number of alkyl halides is 3.